The van der Waals surface area contributed by atoms with Crippen molar-refractivity contribution in [1.82, 2.24) is 10.2 Å². The zero-order chi connectivity index (χ0) is 18.8. The van der Waals surface area contributed by atoms with Gasteiger partial charge in [0.1, 0.15) is 11.4 Å². The summed E-state index contributed by atoms with van der Waals surface area (Å²) in [6.45, 7) is 6.26. The van der Waals surface area contributed by atoms with Crippen molar-refractivity contribution >= 4 is 39.5 Å². The minimum Gasteiger partial charge on any atom is -0.444 e. The molecule has 0 radical (unpaired) electrons. The number of likely N-dealkylation sites (tertiary alicyclic amines) is 1. The summed E-state index contributed by atoms with van der Waals surface area (Å²) in [4.78, 5) is 26.1. The van der Waals surface area contributed by atoms with Gasteiger partial charge in [0.05, 0.1) is 5.02 Å². The second kappa shape index (κ2) is 7.91. The third kappa shape index (κ3) is 5.57. The number of alkyl carbamates (subject to hydrolysis) is 1. The van der Waals surface area contributed by atoms with Gasteiger partial charge in [0.2, 0.25) is 0 Å². The lowest BCUT2D eigenvalue weighted by atomic mass is 10.0. The fraction of sp³-hybridized carbons (Fsp3) is 0.529. The van der Waals surface area contributed by atoms with E-state index in [9.17, 15) is 14.0 Å². The number of amides is 2. The fourth-order valence-corrected chi connectivity index (χ4v) is 3.16. The summed E-state index contributed by atoms with van der Waals surface area (Å²) >= 11 is 8.91. The number of nitrogens with zero attached hydrogens (tertiary/aromatic N) is 1. The molecule has 1 aromatic carbocycles. The van der Waals surface area contributed by atoms with Crippen LogP contribution in [0, 0.1) is 5.82 Å². The van der Waals surface area contributed by atoms with E-state index in [-0.39, 0.29) is 22.5 Å². The van der Waals surface area contributed by atoms with Crippen LogP contribution in [0.25, 0.3) is 0 Å². The molecule has 1 aliphatic heterocycles. The standard InChI is InChI=1S/C17H21BrClFN2O3/c1-17(2,3)25-16(24)21-11-5-4-6-22(9-11)15(23)10-7-12(18)14(19)13(20)8-10/h7-8,11H,4-6,9H2,1-3H3,(H,21,24)/t11-/m1/s1. The predicted molar refractivity (Wildman–Crippen MR) is 97.4 cm³/mol. The Bertz CT molecular complexity index is 655. The van der Waals surface area contributed by atoms with Crippen molar-refractivity contribution < 1.29 is 18.7 Å². The van der Waals surface area contributed by atoms with Crippen LogP contribution in [0.15, 0.2) is 16.6 Å². The third-order valence-corrected chi connectivity index (χ3v) is 4.90. The minimum atomic E-state index is -0.653. The summed E-state index contributed by atoms with van der Waals surface area (Å²) in [6, 6.07) is 2.42. The van der Waals surface area contributed by atoms with Crippen molar-refractivity contribution in [1.29, 1.82) is 0 Å². The molecular formula is C17H21BrClFN2O3. The van der Waals surface area contributed by atoms with Crippen molar-refractivity contribution in [3.8, 4) is 0 Å². The van der Waals surface area contributed by atoms with Crippen LogP contribution in [-0.2, 0) is 4.74 Å². The van der Waals surface area contributed by atoms with Gasteiger partial charge >= 0.3 is 6.09 Å². The van der Waals surface area contributed by atoms with E-state index in [1.807, 2.05) is 0 Å². The third-order valence-electron chi connectivity index (χ3n) is 3.66. The second-order valence-electron chi connectivity index (χ2n) is 6.99. The highest BCUT2D eigenvalue weighted by Crippen LogP contribution is 2.28. The molecule has 0 aromatic heterocycles. The number of carbonyl (C=O) groups excluding carboxylic acids is 2. The summed E-state index contributed by atoms with van der Waals surface area (Å²) in [6.07, 6.45) is 0.984. The van der Waals surface area contributed by atoms with Crippen LogP contribution < -0.4 is 5.32 Å². The number of carbonyl (C=O) groups is 2. The lowest BCUT2D eigenvalue weighted by Crippen LogP contribution is -2.50. The first-order valence-corrected chi connectivity index (χ1v) is 9.17. The normalized spacial score (nSPS) is 18.0. The molecule has 1 aromatic rings. The summed E-state index contributed by atoms with van der Waals surface area (Å²) in [5.74, 6) is -0.952. The van der Waals surface area contributed by atoms with Crippen LogP contribution in [0.1, 0.15) is 44.0 Å². The molecule has 8 heteroatoms. The van der Waals surface area contributed by atoms with Gasteiger partial charge in [-0.2, -0.15) is 0 Å². The Morgan fingerprint density at radius 2 is 2.08 bits per heavy atom. The second-order valence-corrected chi connectivity index (χ2v) is 8.22. The van der Waals surface area contributed by atoms with Crippen LogP contribution in [0.3, 0.4) is 0 Å². The quantitative estimate of drug-likeness (QED) is 0.702. The number of halogens is 3. The van der Waals surface area contributed by atoms with E-state index in [1.54, 1.807) is 25.7 Å². The molecular weight excluding hydrogens is 415 g/mol. The maximum Gasteiger partial charge on any atom is 0.407 e. The van der Waals surface area contributed by atoms with Crippen LogP contribution in [0.4, 0.5) is 9.18 Å². The number of piperidine rings is 1. The Balaban J connectivity index is 2.03. The van der Waals surface area contributed by atoms with Crippen LogP contribution >= 0.6 is 27.5 Å². The molecule has 1 heterocycles. The van der Waals surface area contributed by atoms with Gasteiger partial charge in [0, 0.05) is 29.2 Å². The summed E-state index contributed by atoms with van der Waals surface area (Å²) in [7, 11) is 0. The van der Waals surface area contributed by atoms with E-state index in [2.05, 4.69) is 21.2 Å². The molecule has 0 saturated carbocycles. The molecule has 0 aliphatic carbocycles. The predicted octanol–water partition coefficient (Wildman–Crippen LogP) is 4.37. The molecule has 138 valence electrons. The fourth-order valence-electron chi connectivity index (χ4n) is 2.62. The first kappa shape index (κ1) is 20.0. The average Bonchev–Trinajstić information content (AvgIpc) is 2.49. The zero-order valence-electron chi connectivity index (χ0n) is 14.4. The number of rotatable bonds is 2. The van der Waals surface area contributed by atoms with Crippen LogP contribution in [-0.4, -0.2) is 41.6 Å². The molecule has 1 aliphatic rings. The van der Waals surface area contributed by atoms with Crippen LogP contribution in [0.5, 0.6) is 0 Å². The van der Waals surface area contributed by atoms with E-state index in [1.165, 1.54) is 6.07 Å². The molecule has 1 atom stereocenters. The molecule has 0 bridgehead atoms. The minimum absolute atomic E-state index is 0.0559. The van der Waals surface area contributed by atoms with E-state index in [0.717, 1.165) is 18.9 Å². The Hall–Kier alpha value is -1.34. The monoisotopic (exact) mass is 434 g/mol. The molecule has 2 rings (SSSR count). The first-order chi connectivity index (χ1) is 11.6. The van der Waals surface area contributed by atoms with Crippen molar-refractivity contribution in [3.05, 3.63) is 33.0 Å². The van der Waals surface area contributed by atoms with Gasteiger partial charge in [-0.3, -0.25) is 4.79 Å². The number of benzene rings is 1. The largest absolute Gasteiger partial charge is 0.444 e. The van der Waals surface area contributed by atoms with Gasteiger partial charge in [0.15, 0.2) is 0 Å². The number of nitrogens with one attached hydrogen (secondary N) is 1. The van der Waals surface area contributed by atoms with E-state index >= 15 is 0 Å². The first-order valence-electron chi connectivity index (χ1n) is 8.00. The SMILES string of the molecule is CC(C)(C)OC(=O)N[C@@H]1CCCN(C(=O)c2cc(F)c(Cl)c(Br)c2)C1. The maximum absolute atomic E-state index is 13.8. The van der Waals surface area contributed by atoms with Gasteiger partial charge in [0.25, 0.3) is 5.91 Å². The molecule has 1 fully saturated rings. The molecule has 1 saturated heterocycles. The smallest absolute Gasteiger partial charge is 0.407 e. The van der Waals surface area contributed by atoms with Gasteiger partial charge in [-0.15, -0.1) is 0 Å². The average molecular weight is 436 g/mol. The maximum atomic E-state index is 13.8. The summed E-state index contributed by atoms with van der Waals surface area (Å²) < 4.78 is 19.3. The molecule has 25 heavy (non-hydrogen) atoms. The summed E-state index contributed by atoms with van der Waals surface area (Å²) in [5.41, 5.74) is -0.367. The van der Waals surface area contributed by atoms with Crippen molar-refractivity contribution in [2.45, 2.75) is 45.3 Å². The van der Waals surface area contributed by atoms with E-state index < -0.39 is 17.5 Å². The van der Waals surface area contributed by atoms with E-state index in [0.29, 0.717) is 17.6 Å². The lowest BCUT2D eigenvalue weighted by molar-refractivity contribution is 0.0452. The molecule has 2 amide bonds. The van der Waals surface area contributed by atoms with Gasteiger partial charge in [-0.05, 0) is 61.7 Å². The molecule has 0 spiro atoms. The Labute approximate surface area is 160 Å². The number of hydrogen-bond donors (Lipinski definition) is 1. The molecule has 5 nitrogen and oxygen atoms in total. The van der Waals surface area contributed by atoms with Gasteiger partial charge in [-0.25, -0.2) is 9.18 Å². The highest BCUT2D eigenvalue weighted by molar-refractivity contribution is 9.10. The van der Waals surface area contributed by atoms with Crippen molar-refractivity contribution in [2.75, 3.05) is 13.1 Å². The zero-order valence-corrected chi connectivity index (χ0v) is 16.7. The number of hydrogen-bond acceptors (Lipinski definition) is 3. The van der Waals surface area contributed by atoms with Crippen molar-refractivity contribution in [3.63, 3.8) is 0 Å². The highest BCUT2D eigenvalue weighted by atomic mass is 79.9. The van der Waals surface area contributed by atoms with Gasteiger partial charge < -0.3 is 15.0 Å². The molecule has 1 N–H and O–H groups in total. The lowest BCUT2D eigenvalue weighted by Gasteiger charge is -2.33. The summed E-state index contributed by atoms with van der Waals surface area (Å²) in [5, 5.41) is 2.73. The Morgan fingerprint density at radius 3 is 2.68 bits per heavy atom. The van der Waals surface area contributed by atoms with Gasteiger partial charge in [-0.1, -0.05) is 11.6 Å². The Morgan fingerprint density at radius 1 is 1.40 bits per heavy atom. The van der Waals surface area contributed by atoms with Crippen molar-refractivity contribution in [2.24, 2.45) is 0 Å². The molecule has 0 unspecified atom stereocenters. The topological polar surface area (TPSA) is 58.6 Å². The van der Waals surface area contributed by atoms with E-state index in [4.69, 9.17) is 16.3 Å². The highest BCUT2D eigenvalue weighted by Gasteiger charge is 2.27. The Kier molecular flexibility index (Phi) is 6.32. The number of ether oxygens (including phenoxy) is 1. The van der Waals surface area contributed by atoms with Crippen LogP contribution in [0.2, 0.25) is 5.02 Å².